The van der Waals surface area contributed by atoms with Gasteiger partial charge in [-0.25, -0.2) is 9.59 Å². The SMILES string of the molecule is CC(C)(C)OC(=O)Nc1ccc(NC(=O)OC(C)(C)C)c(C=CC=O)c1. The minimum atomic E-state index is -0.638. The van der Waals surface area contributed by atoms with Crippen molar-refractivity contribution in [1.29, 1.82) is 0 Å². The molecule has 1 rings (SSSR count). The minimum absolute atomic E-state index is 0.437. The maximum atomic E-state index is 12.0. The summed E-state index contributed by atoms with van der Waals surface area (Å²) in [7, 11) is 0. The maximum absolute atomic E-state index is 12.0. The average molecular weight is 362 g/mol. The number of nitrogens with one attached hydrogen (secondary N) is 2. The van der Waals surface area contributed by atoms with Gasteiger partial charge in [-0.15, -0.1) is 0 Å². The van der Waals surface area contributed by atoms with E-state index in [1.54, 1.807) is 59.7 Å². The molecule has 0 aromatic heterocycles. The Hall–Kier alpha value is -2.83. The zero-order chi connectivity index (χ0) is 20.0. The van der Waals surface area contributed by atoms with Gasteiger partial charge in [0.2, 0.25) is 0 Å². The van der Waals surface area contributed by atoms with E-state index in [1.807, 2.05) is 0 Å². The number of hydrogen-bond donors (Lipinski definition) is 2. The van der Waals surface area contributed by atoms with Crippen LogP contribution in [0.3, 0.4) is 0 Å². The molecule has 0 aliphatic carbocycles. The molecule has 1 aromatic carbocycles. The molecule has 7 nitrogen and oxygen atoms in total. The highest BCUT2D eigenvalue weighted by atomic mass is 16.6. The van der Waals surface area contributed by atoms with Crippen molar-refractivity contribution in [3.63, 3.8) is 0 Å². The molecule has 0 unspecified atom stereocenters. The summed E-state index contributed by atoms with van der Waals surface area (Å²) in [5, 5.41) is 5.23. The van der Waals surface area contributed by atoms with Crippen molar-refractivity contribution in [1.82, 2.24) is 0 Å². The summed E-state index contributed by atoms with van der Waals surface area (Å²) < 4.78 is 10.4. The third-order valence-electron chi connectivity index (χ3n) is 2.69. The molecule has 2 N–H and O–H groups in total. The zero-order valence-corrected chi connectivity index (χ0v) is 16.0. The van der Waals surface area contributed by atoms with Crippen molar-refractivity contribution in [2.45, 2.75) is 52.7 Å². The Morgan fingerprint density at radius 2 is 1.46 bits per heavy atom. The number of benzene rings is 1. The summed E-state index contributed by atoms with van der Waals surface area (Å²) in [5.74, 6) is 0. The van der Waals surface area contributed by atoms with Crippen molar-refractivity contribution >= 4 is 35.9 Å². The van der Waals surface area contributed by atoms with E-state index < -0.39 is 23.4 Å². The maximum Gasteiger partial charge on any atom is 0.412 e. The van der Waals surface area contributed by atoms with E-state index in [0.29, 0.717) is 23.2 Å². The van der Waals surface area contributed by atoms with Gasteiger partial charge < -0.3 is 9.47 Å². The van der Waals surface area contributed by atoms with Crippen LogP contribution in [0, 0.1) is 0 Å². The predicted molar refractivity (Wildman–Crippen MR) is 101 cm³/mol. The van der Waals surface area contributed by atoms with Crippen molar-refractivity contribution < 1.29 is 23.9 Å². The average Bonchev–Trinajstić information content (AvgIpc) is 2.43. The molecule has 1 aromatic rings. The Bertz CT molecular complexity index is 697. The first kappa shape index (κ1) is 21.2. The Morgan fingerprint density at radius 1 is 0.923 bits per heavy atom. The molecule has 142 valence electrons. The third-order valence-corrected chi connectivity index (χ3v) is 2.69. The van der Waals surface area contributed by atoms with E-state index in [0.717, 1.165) is 0 Å². The van der Waals surface area contributed by atoms with Crippen molar-refractivity contribution in [3.05, 3.63) is 29.8 Å². The monoisotopic (exact) mass is 362 g/mol. The fourth-order valence-electron chi connectivity index (χ4n) is 1.87. The molecular weight excluding hydrogens is 336 g/mol. The molecule has 0 radical (unpaired) electrons. The number of anilines is 2. The standard InChI is InChI=1S/C19H26N2O5/c1-18(2,3)25-16(23)20-14-9-10-15(13(12-14)8-7-11-22)21-17(24)26-19(4,5)6/h7-12H,1-6H3,(H,20,23)(H,21,24). The molecule has 0 saturated heterocycles. The van der Waals surface area contributed by atoms with Gasteiger partial charge in [0.25, 0.3) is 0 Å². The van der Waals surface area contributed by atoms with E-state index in [-0.39, 0.29) is 0 Å². The molecule has 7 heteroatoms. The molecule has 0 fully saturated rings. The van der Waals surface area contributed by atoms with Crippen LogP contribution in [0.25, 0.3) is 6.08 Å². The van der Waals surface area contributed by atoms with Gasteiger partial charge in [0.15, 0.2) is 0 Å². The van der Waals surface area contributed by atoms with Gasteiger partial charge in [0, 0.05) is 11.3 Å². The lowest BCUT2D eigenvalue weighted by atomic mass is 10.1. The first-order valence-corrected chi connectivity index (χ1v) is 8.15. The highest BCUT2D eigenvalue weighted by Crippen LogP contribution is 2.23. The molecule has 2 amide bonds. The molecule has 0 spiro atoms. The normalized spacial score (nSPS) is 11.8. The highest BCUT2D eigenvalue weighted by molar-refractivity contribution is 5.92. The summed E-state index contributed by atoms with van der Waals surface area (Å²) >= 11 is 0. The summed E-state index contributed by atoms with van der Waals surface area (Å²) in [6, 6.07) is 4.81. The minimum Gasteiger partial charge on any atom is -0.444 e. The quantitative estimate of drug-likeness (QED) is 0.603. The van der Waals surface area contributed by atoms with Crippen LogP contribution in [-0.2, 0) is 14.3 Å². The number of rotatable bonds is 4. The van der Waals surface area contributed by atoms with Crippen molar-refractivity contribution in [3.8, 4) is 0 Å². The molecule has 0 atom stereocenters. The van der Waals surface area contributed by atoms with Gasteiger partial charge in [-0.1, -0.05) is 0 Å². The van der Waals surface area contributed by atoms with Gasteiger partial charge in [-0.05, 0) is 71.9 Å². The van der Waals surface area contributed by atoms with Crippen LogP contribution in [0.1, 0.15) is 47.1 Å². The third kappa shape index (κ3) is 8.32. The van der Waals surface area contributed by atoms with Gasteiger partial charge in [0.05, 0.1) is 5.69 Å². The molecule has 0 aliphatic heterocycles. The van der Waals surface area contributed by atoms with Crippen LogP contribution in [0.15, 0.2) is 24.3 Å². The van der Waals surface area contributed by atoms with Crippen LogP contribution >= 0.6 is 0 Å². The molecule has 0 bridgehead atoms. The van der Waals surface area contributed by atoms with Crippen LogP contribution in [-0.4, -0.2) is 29.7 Å². The predicted octanol–water partition coefficient (Wildman–Crippen LogP) is 4.59. The van der Waals surface area contributed by atoms with E-state index in [4.69, 9.17) is 9.47 Å². The van der Waals surface area contributed by atoms with E-state index >= 15 is 0 Å². The lowest BCUT2D eigenvalue weighted by Gasteiger charge is -2.21. The Morgan fingerprint density at radius 3 is 1.96 bits per heavy atom. The van der Waals surface area contributed by atoms with Gasteiger partial charge in [-0.2, -0.15) is 0 Å². The van der Waals surface area contributed by atoms with Gasteiger partial charge >= 0.3 is 12.2 Å². The second kappa shape index (κ2) is 8.51. The molecule has 0 saturated carbocycles. The van der Waals surface area contributed by atoms with Crippen LogP contribution in [0.5, 0.6) is 0 Å². The second-order valence-corrected chi connectivity index (χ2v) is 7.55. The first-order valence-electron chi connectivity index (χ1n) is 8.15. The topological polar surface area (TPSA) is 93.7 Å². The lowest BCUT2D eigenvalue weighted by molar-refractivity contribution is -0.104. The van der Waals surface area contributed by atoms with Gasteiger partial charge in [0.1, 0.15) is 17.5 Å². The lowest BCUT2D eigenvalue weighted by Crippen LogP contribution is -2.28. The summed E-state index contributed by atoms with van der Waals surface area (Å²) in [6.07, 6.45) is 2.19. The van der Waals surface area contributed by atoms with E-state index in [2.05, 4.69) is 10.6 Å². The van der Waals surface area contributed by atoms with E-state index in [1.165, 1.54) is 12.2 Å². The van der Waals surface area contributed by atoms with Gasteiger partial charge in [-0.3, -0.25) is 15.4 Å². The summed E-state index contributed by atoms with van der Waals surface area (Å²) in [4.78, 5) is 34.5. The fraction of sp³-hybridized carbons (Fsp3) is 0.421. The van der Waals surface area contributed by atoms with Crippen molar-refractivity contribution in [2.75, 3.05) is 10.6 Å². The Balaban J connectivity index is 2.99. The number of aldehydes is 1. The molecule has 26 heavy (non-hydrogen) atoms. The smallest absolute Gasteiger partial charge is 0.412 e. The summed E-state index contributed by atoms with van der Waals surface area (Å²) in [6.45, 7) is 10.6. The van der Waals surface area contributed by atoms with Crippen molar-refractivity contribution in [2.24, 2.45) is 0 Å². The number of carbonyl (C=O) groups excluding carboxylic acids is 3. The largest absolute Gasteiger partial charge is 0.444 e. The van der Waals surface area contributed by atoms with Crippen LogP contribution in [0.4, 0.5) is 21.0 Å². The number of amides is 2. The summed E-state index contributed by atoms with van der Waals surface area (Å²) in [5.41, 5.74) is 0.159. The molecular formula is C19H26N2O5. The second-order valence-electron chi connectivity index (χ2n) is 7.55. The number of ether oxygens (including phenoxy) is 2. The zero-order valence-electron chi connectivity index (χ0n) is 16.0. The highest BCUT2D eigenvalue weighted by Gasteiger charge is 2.18. The number of carbonyl (C=O) groups is 3. The van der Waals surface area contributed by atoms with E-state index in [9.17, 15) is 14.4 Å². The number of hydrogen-bond acceptors (Lipinski definition) is 5. The Kier molecular flexibility index (Phi) is 6.94. The first-order chi connectivity index (χ1) is 11.9. The number of allylic oxidation sites excluding steroid dienone is 1. The molecule has 0 aliphatic rings. The van der Waals surface area contributed by atoms with Crippen LogP contribution < -0.4 is 10.6 Å². The Labute approximate surface area is 153 Å². The van der Waals surface area contributed by atoms with Crippen LogP contribution in [0.2, 0.25) is 0 Å². The molecule has 0 heterocycles. The fourth-order valence-corrected chi connectivity index (χ4v) is 1.87.